The Bertz CT molecular complexity index is 2650. The van der Waals surface area contributed by atoms with Crippen molar-refractivity contribution in [3.05, 3.63) is 65.2 Å². The maximum atomic E-state index is 14.0. The zero-order chi connectivity index (χ0) is 46.6. The molecule has 3 fully saturated rings. The van der Waals surface area contributed by atoms with Crippen molar-refractivity contribution in [3.63, 3.8) is 0 Å². The van der Waals surface area contributed by atoms with Gasteiger partial charge in [-0.2, -0.15) is 8.42 Å². The van der Waals surface area contributed by atoms with Crippen molar-refractivity contribution in [1.82, 2.24) is 20.4 Å². The molecule has 1 saturated carbocycles. The summed E-state index contributed by atoms with van der Waals surface area (Å²) in [6.45, 7) is 8.69. The third-order valence-electron chi connectivity index (χ3n) is 15.0. The molecule has 7 atom stereocenters. The molecule has 6 aliphatic rings. The van der Waals surface area contributed by atoms with Gasteiger partial charge in [0.05, 0.1) is 37.7 Å². The van der Waals surface area contributed by atoms with E-state index in [1.54, 1.807) is 11.0 Å². The quantitative estimate of drug-likeness (QED) is 0.173. The first kappa shape index (κ1) is 45.4. The molecule has 9 rings (SSSR count). The van der Waals surface area contributed by atoms with Crippen LogP contribution in [-0.2, 0) is 41.9 Å². The van der Waals surface area contributed by atoms with Crippen LogP contribution in [0.1, 0.15) is 102 Å². The van der Waals surface area contributed by atoms with Crippen molar-refractivity contribution < 1.29 is 37.1 Å². The van der Waals surface area contributed by atoms with Crippen LogP contribution < -0.4 is 16.0 Å². The molecule has 4 heterocycles. The number of amides is 4. The van der Waals surface area contributed by atoms with E-state index in [2.05, 4.69) is 50.7 Å². The molecule has 0 bridgehead atoms. The van der Waals surface area contributed by atoms with Gasteiger partial charge in [0.1, 0.15) is 22.8 Å². The number of nitrogens with zero attached hydrogens (tertiary/aromatic N) is 4. The number of rotatable bonds is 11. The number of hydrogen-bond donors (Lipinski definition) is 3. The monoisotopic (exact) mass is 919 g/mol. The Balaban J connectivity index is 0.984. The zero-order valence-electron chi connectivity index (χ0n) is 38.7. The molecular weight excluding hydrogens is 859 g/mol. The minimum absolute atomic E-state index is 0.0864. The second kappa shape index (κ2) is 18.1. The molecule has 350 valence electrons. The van der Waals surface area contributed by atoms with Gasteiger partial charge in [-0.05, 0) is 132 Å². The van der Waals surface area contributed by atoms with Gasteiger partial charge in [0.15, 0.2) is 0 Å². The van der Waals surface area contributed by atoms with Gasteiger partial charge in [-0.3, -0.25) is 14.6 Å². The maximum Gasteiger partial charge on any atom is 0.407 e. The van der Waals surface area contributed by atoms with Gasteiger partial charge in [0.2, 0.25) is 11.8 Å². The highest BCUT2D eigenvalue weighted by Crippen LogP contribution is 2.54. The molecule has 4 amide bonds. The molecule has 3 N–H and O–H groups in total. The van der Waals surface area contributed by atoms with Gasteiger partial charge in [0, 0.05) is 25.2 Å². The highest BCUT2D eigenvalue weighted by molar-refractivity contribution is 7.90. The molecular formula is C50H61N7O8S. The SMILES string of the molecule is CC[C@H](C)[C@H](NC(=O)OC)C(=O)N1CCC[C@H]1C1=NS(=O)(=O)c2ccc(-c3ccc(-c4ccc5c(c4)CC([C@@H]4CCCN4C(=O)[C@@H](NC(=O)OC)C(C)C)=N5)c4c3CC3CCCC43)cc2N1. The number of methoxy groups -OCH3 is 2. The largest absolute Gasteiger partial charge is 0.453 e. The Morgan fingerprint density at radius 1 is 0.803 bits per heavy atom. The zero-order valence-corrected chi connectivity index (χ0v) is 39.5. The van der Waals surface area contributed by atoms with E-state index in [0.717, 1.165) is 65.8 Å². The van der Waals surface area contributed by atoms with Crippen LogP contribution in [0.2, 0.25) is 0 Å². The number of ether oxygens (including phenoxy) is 2. The molecule has 0 radical (unpaired) electrons. The van der Waals surface area contributed by atoms with Gasteiger partial charge in [-0.15, -0.1) is 4.40 Å². The summed E-state index contributed by atoms with van der Waals surface area (Å²) in [5.41, 5.74) is 10.5. The van der Waals surface area contributed by atoms with Crippen LogP contribution in [-0.4, -0.2) is 105 Å². The number of aliphatic imine (C=N–C) groups is 1. The van der Waals surface area contributed by atoms with E-state index in [9.17, 15) is 27.6 Å². The van der Waals surface area contributed by atoms with Crippen LogP contribution >= 0.6 is 0 Å². The number of carbonyl (C=O) groups is 4. The lowest BCUT2D eigenvalue weighted by molar-refractivity contribution is -0.135. The van der Waals surface area contributed by atoms with E-state index in [1.807, 2.05) is 44.7 Å². The first-order valence-electron chi connectivity index (χ1n) is 23.6. The smallest absolute Gasteiger partial charge is 0.407 e. The van der Waals surface area contributed by atoms with Crippen LogP contribution in [0, 0.1) is 17.8 Å². The van der Waals surface area contributed by atoms with E-state index in [4.69, 9.17) is 14.5 Å². The first-order valence-corrected chi connectivity index (χ1v) is 25.1. The van der Waals surface area contributed by atoms with Crippen LogP contribution in [0.25, 0.3) is 22.3 Å². The van der Waals surface area contributed by atoms with Crippen molar-refractivity contribution in [2.75, 3.05) is 32.6 Å². The summed E-state index contributed by atoms with van der Waals surface area (Å²) in [4.78, 5) is 61.0. The lowest BCUT2D eigenvalue weighted by atomic mass is 9.86. The van der Waals surface area contributed by atoms with Crippen LogP contribution in [0.3, 0.4) is 0 Å². The van der Waals surface area contributed by atoms with E-state index in [1.165, 1.54) is 37.3 Å². The summed E-state index contributed by atoms with van der Waals surface area (Å²) in [6, 6.07) is 14.1. The molecule has 3 aromatic carbocycles. The topological polar surface area (TPSA) is 188 Å². The average Bonchev–Trinajstić information content (AvgIpc) is 4.17. The number of nitrogens with one attached hydrogen (secondary N) is 3. The number of sulfonamides is 1. The van der Waals surface area contributed by atoms with Crippen LogP contribution in [0.15, 0.2) is 62.8 Å². The molecule has 16 heteroatoms. The first-order chi connectivity index (χ1) is 31.7. The number of alkyl carbamates (subject to hydrolysis) is 2. The number of hydrogen-bond acceptors (Lipinski definition) is 10. The molecule has 0 aromatic heterocycles. The van der Waals surface area contributed by atoms with E-state index >= 15 is 0 Å². The number of carbonyl (C=O) groups excluding carboxylic acids is 4. The second-order valence-electron chi connectivity index (χ2n) is 19.2. The Morgan fingerprint density at radius 3 is 2.17 bits per heavy atom. The third kappa shape index (κ3) is 8.23. The van der Waals surface area contributed by atoms with Gasteiger partial charge in [-0.1, -0.05) is 64.8 Å². The van der Waals surface area contributed by atoms with Crippen molar-refractivity contribution in [2.24, 2.45) is 27.1 Å². The molecule has 2 unspecified atom stereocenters. The lowest BCUT2D eigenvalue weighted by Crippen LogP contribution is -2.55. The molecule has 3 aromatic rings. The molecule has 0 spiro atoms. The van der Waals surface area contributed by atoms with Gasteiger partial charge in [0.25, 0.3) is 10.0 Å². The van der Waals surface area contributed by atoms with Crippen molar-refractivity contribution in [3.8, 4) is 22.3 Å². The van der Waals surface area contributed by atoms with Crippen molar-refractivity contribution in [1.29, 1.82) is 0 Å². The Labute approximate surface area is 387 Å². The van der Waals surface area contributed by atoms with E-state index in [0.29, 0.717) is 56.3 Å². The molecule has 2 saturated heterocycles. The van der Waals surface area contributed by atoms with Gasteiger partial charge < -0.3 is 35.2 Å². The highest BCUT2D eigenvalue weighted by Gasteiger charge is 2.43. The predicted octanol–water partition coefficient (Wildman–Crippen LogP) is 7.74. The normalized spacial score (nSPS) is 23.7. The van der Waals surface area contributed by atoms with Gasteiger partial charge in [-0.25, -0.2) is 9.59 Å². The number of fused-ring (bicyclic) bond motifs is 5. The summed E-state index contributed by atoms with van der Waals surface area (Å²) in [5.74, 6) is 0.456. The number of benzene rings is 3. The molecule has 15 nitrogen and oxygen atoms in total. The summed E-state index contributed by atoms with van der Waals surface area (Å²) in [6.07, 6.45) is 7.24. The summed E-state index contributed by atoms with van der Waals surface area (Å²) < 4.78 is 41.5. The standard InChI is InChI=1S/C50H61N7O8S/c1-7-28(4)45(54-50(61)65-6)48(59)57-22-10-14-41(57)46-52-39-25-31(16-20-42(39)66(62,63)55-46)33-17-18-35(43-34-12-8-11-29(34)24-36(33)43)30-15-19-37-32(23-30)26-38(51-37)40-13-9-21-56(40)47(58)44(27(2)3)53-49(60)64-5/h15-20,23,25,27-29,34,40-41,44-45H,7-14,21-22,24,26H2,1-6H3,(H,52,55)(H,53,60)(H,54,61)/t28-,29?,34?,40-,41-,44-,45-/m0/s1. The van der Waals surface area contributed by atoms with Crippen molar-refractivity contribution in [2.45, 2.75) is 127 Å². The van der Waals surface area contributed by atoms with Crippen molar-refractivity contribution >= 4 is 56.9 Å². The summed E-state index contributed by atoms with van der Waals surface area (Å²) >= 11 is 0. The maximum absolute atomic E-state index is 14.0. The Hall–Kier alpha value is -5.77. The average molecular weight is 920 g/mol. The Kier molecular flexibility index (Phi) is 12.5. The van der Waals surface area contributed by atoms with Crippen LogP contribution in [0.4, 0.5) is 21.0 Å². The van der Waals surface area contributed by atoms with E-state index < -0.39 is 40.3 Å². The molecule has 2 aliphatic carbocycles. The lowest BCUT2D eigenvalue weighted by Gasteiger charge is -2.33. The Morgan fingerprint density at radius 2 is 1.45 bits per heavy atom. The fourth-order valence-electron chi connectivity index (χ4n) is 11.5. The van der Waals surface area contributed by atoms with Crippen LogP contribution in [0.5, 0.6) is 0 Å². The number of likely N-dealkylation sites (tertiary alicyclic amines) is 2. The highest BCUT2D eigenvalue weighted by atomic mass is 32.2. The number of anilines is 1. The minimum atomic E-state index is -4.09. The molecule has 66 heavy (non-hydrogen) atoms. The third-order valence-corrected chi connectivity index (χ3v) is 16.4. The number of amidine groups is 1. The minimum Gasteiger partial charge on any atom is -0.453 e. The fraction of sp³-hybridized carbons (Fsp3) is 0.520. The summed E-state index contributed by atoms with van der Waals surface area (Å²) in [7, 11) is -1.54. The molecule has 4 aliphatic heterocycles. The van der Waals surface area contributed by atoms with E-state index in [-0.39, 0.29) is 40.4 Å². The summed E-state index contributed by atoms with van der Waals surface area (Å²) in [5, 5.41) is 8.80. The second-order valence-corrected chi connectivity index (χ2v) is 20.8. The van der Waals surface area contributed by atoms with Gasteiger partial charge >= 0.3 is 12.2 Å². The fourth-order valence-corrected chi connectivity index (χ4v) is 12.6. The predicted molar refractivity (Wildman–Crippen MR) is 253 cm³/mol.